The first-order valence-corrected chi connectivity index (χ1v) is 41.9. The normalized spacial score (nSPS) is 15.2. The first-order valence-electron chi connectivity index (χ1n) is 38.5. The summed E-state index contributed by atoms with van der Waals surface area (Å²) < 4.78 is 16.8. The largest absolute Gasteiger partial charge is 0.508 e. The van der Waals surface area contributed by atoms with Crippen LogP contribution in [0.3, 0.4) is 0 Å². The quantitative estimate of drug-likeness (QED) is 0.00916. The second kappa shape index (κ2) is 51.5. The summed E-state index contributed by atoms with van der Waals surface area (Å²) in [7, 11) is 4.46. The van der Waals surface area contributed by atoms with Crippen molar-refractivity contribution in [2.24, 2.45) is 11.8 Å². The number of hydrazine groups is 1. The molecule has 1 aliphatic heterocycles. The van der Waals surface area contributed by atoms with Gasteiger partial charge in [-0.05, 0) is 132 Å². The second-order valence-electron chi connectivity index (χ2n) is 28.6. The van der Waals surface area contributed by atoms with Gasteiger partial charge >= 0.3 is 54.0 Å². The lowest BCUT2D eigenvalue weighted by Gasteiger charge is -2.39. The highest BCUT2D eigenvalue weighted by molar-refractivity contribution is 8.76. The van der Waals surface area contributed by atoms with Crippen LogP contribution in [0.1, 0.15) is 195 Å². The molecule has 38 nitrogen and oxygen atoms in total. The Kier molecular flexibility index (Phi) is 43.5. The number of hydrogen-bond acceptors (Lipinski definition) is 25. The highest BCUT2D eigenvalue weighted by atomic mass is 33.1. The predicted molar refractivity (Wildman–Crippen MR) is 429 cm³/mol. The Morgan fingerprint density at radius 2 is 1.37 bits per heavy atom. The number of carbonyl (C=O) groups is 16. The Morgan fingerprint density at radius 3 is 2.00 bits per heavy atom. The van der Waals surface area contributed by atoms with E-state index in [2.05, 4.69) is 58.4 Å². The number of nitrogens with one attached hydrogen (secondary N) is 11. The molecule has 1 fully saturated rings. The maximum atomic E-state index is 15.0. The lowest BCUT2D eigenvalue weighted by molar-refractivity contribution is -0.160. The number of phenolic OH excluding ortho intramolecular Hbond substituents is 1. The number of ether oxygens (including phenoxy) is 3. The van der Waals surface area contributed by atoms with Gasteiger partial charge in [0.25, 0.3) is 5.91 Å². The van der Waals surface area contributed by atoms with Crippen molar-refractivity contribution < 1.29 is 116 Å². The summed E-state index contributed by atoms with van der Waals surface area (Å²) in [5, 5.41) is 72.1. The summed E-state index contributed by atoms with van der Waals surface area (Å²) in [5.74, 6) is -12.5. The van der Waals surface area contributed by atoms with Crippen LogP contribution in [0.2, 0.25) is 0 Å². The molecule has 0 aliphatic carbocycles. The number of benzene rings is 2. The summed E-state index contributed by atoms with van der Waals surface area (Å²) in [5.41, 5.74) is 6.59. The summed E-state index contributed by atoms with van der Waals surface area (Å²) in [6, 6.07) is 0.473. The average molecular weight is 1700 g/mol. The van der Waals surface area contributed by atoms with Crippen molar-refractivity contribution in [2.45, 2.75) is 226 Å². The van der Waals surface area contributed by atoms with Gasteiger partial charge in [0.15, 0.2) is 12.8 Å². The first kappa shape index (κ1) is 98.8. The van der Waals surface area contributed by atoms with E-state index < -0.39 is 176 Å². The number of phenols is 1. The van der Waals surface area contributed by atoms with Gasteiger partial charge in [-0.1, -0.05) is 99.4 Å². The Labute approximate surface area is 690 Å². The molecule has 1 aliphatic rings. The molecule has 0 saturated carbocycles. The molecule has 1 aromatic heterocycles. The zero-order chi connectivity index (χ0) is 87.0. The zero-order valence-electron chi connectivity index (χ0n) is 67.4. The molecule has 3 aromatic rings. The van der Waals surface area contributed by atoms with Crippen LogP contribution in [-0.4, -0.2) is 235 Å². The predicted octanol–water partition coefficient (Wildman–Crippen LogP) is 4.61. The van der Waals surface area contributed by atoms with Crippen LogP contribution >= 0.6 is 32.9 Å². The number of rotatable bonds is 50. The fraction of sp³-hybridized carbons (Fsp3) is 0.592. The number of aliphatic carboxylic acids is 4. The van der Waals surface area contributed by atoms with Gasteiger partial charge in [0, 0.05) is 74.8 Å². The minimum Gasteiger partial charge on any atom is -0.508 e. The molecule has 1 saturated heterocycles. The van der Waals surface area contributed by atoms with Crippen molar-refractivity contribution in [1.29, 1.82) is 0 Å². The van der Waals surface area contributed by atoms with E-state index in [4.69, 9.17) is 19.3 Å². The maximum absolute atomic E-state index is 15.0. The number of carbonyl (C=O) groups excluding carboxylic acids is 12. The van der Waals surface area contributed by atoms with Gasteiger partial charge in [-0.25, -0.2) is 34.4 Å². The number of hydrogen-bond donors (Lipinski definition) is 16. The number of aromatic hydroxyl groups is 1. The number of unbranched alkanes of at least 4 members (excludes halogenated alkanes) is 1. The number of aryl methyl sites for hydroxylation is 1. The van der Waals surface area contributed by atoms with Crippen LogP contribution in [0.25, 0.3) is 0 Å². The molecular formula is C76H112N14O24S3. The summed E-state index contributed by atoms with van der Waals surface area (Å²) in [6.45, 7) is 15.7. The van der Waals surface area contributed by atoms with E-state index >= 15 is 0 Å². The van der Waals surface area contributed by atoms with Gasteiger partial charge in [0.05, 0.1) is 24.8 Å². The van der Waals surface area contributed by atoms with E-state index in [9.17, 15) is 97.1 Å². The van der Waals surface area contributed by atoms with Gasteiger partial charge in [0.1, 0.15) is 53.3 Å². The van der Waals surface area contributed by atoms with Crippen LogP contribution in [0.5, 0.6) is 5.75 Å². The Balaban J connectivity index is 1.22. The van der Waals surface area contributed by atoms with Gasteiger partial charge in [-0.2, -0.15) is 0 Å². The fourth-order valence-electron chi connectivity index (χ4n) is 12.2. The van der Waals surface area contributed by atoms with Crippen molar-refractivity contribution in [3.8, 4) is 5.75 Å². The van der Waals surface area contributed by atoms with E-state index in [1.807, 2.05) is 51.9 Å². The summed E-state index contributed by atoms with van der Waals surface area (Å²) >= 11 is 1.03. The van der Waals surface area contributed by atoms with Gasteiger partial charge in [-0.15, -0.1) is 11.3 Å². The third kappa shape index (κ3) is 36.2. The number of urea groups is 2. The lowest BCUT2D eigenvalue weighted by atomic mass is 9.88. The standard InChI is InChI=1S/C76H112N14O24S3/c1-11-17-63(98)113-41-90(71(104)64(43(5)12-2)86-69(103)57-19-14-16-30-89(57)10)58(42(3)4)38-59(114-47(9)91)70-83-56(40-115-70)68(102)80-45(7)34-52(51-36-50(92)25-20-44(51)6)66(100)87-88-76(111)112-31-33-117-116-32-29-77-65(99)46(8)81-67(101)55(37-62(96)97)82-60(93)35-48-21-23-49(24-22-48)39-79-74(109)78-28-15-13-18-53(72(105)106)84-75(110)85-54(73(107)108)26-27-61(94)95/h20-25,36,40,42-43,45-46,52-55,57-59,64,92H,11-19,26-35,37-39,41H2,1-10H3,(H,77,99)(H,80,102)(H,81,101)(H,82,93)(H,86,103)(H,87,100)(H,88,111)(H,94,95)(H,96,97)(H,105,106)(H,107,108)(H2,78,79,109)(H2,84,85,110)/t43?,45-,46-,52+,53-,54-,55-,57+,58+,59+,64-/m0/s1. The van der Waals surface area contributed by atoms with E-state index in [0.717, 1.165) is 30.7 Å². The maximum Gasteiger partial charge on any atom is 0.426 e. The number of carboxylic acid groups (broad SMARTS) is 4. The molecule has 0 spiro atoms. The second-order valence-corrected chi connectivity index (χ2v) is 32.1. The minimum absolute atomic E-state index is 0.0454. The van der Waals surface area contributed by atoms with Crippen LogP contribution in [0, 0.1) is 18.8 Å². The van der Waals surface area contributed by atoms with Crippen LogP contribution < -0.4 is 58.7 Å². The number of esters is 2. The zero-order valence-corrected chi connectivity index (χ0v) is 69.8. The molecule has 648 valence electrons. The molecule has 2 aromatic carbocycles. The monoisotopic (exact) mass is 1700 g/mol. The van der Waals surface area contributed by atoms with Crippen LogP contribution in [0.4, 0.5) is 14.4 Å². The summed E-state index contributed by atoms with van der Waals surface area (Å²) in [4.78, 5) is 213. The molecule has 0 bridgehead atoms. The van der Waals surface area contributed by atoms with E-state index in [-0.39, 0.29) is 105 Å². The number of aromatic nitrogens is 1. The van der Waals surface area contributed by atoms with Crippen molar-refractivity contribution in [1.82, 2.24) is 73.5 Å². The van der Waals surface area contributed by atoms with Gasteiger partial charge in [0.2, 0.25) is 35.4 Å². The third-order valence-corrected chi connectivity index (χ3v) is 22.1. The Hall–Kier alpha value is -10.6. The molecule has 2 heterocycles. The van der Waals surface area contributed by atoms with E-state index in [0.29, 0.717) is 53.7 Å². The number of likely N-dealkylation sites (N-methyl/N-ethyl adjacent to an activating group) is 1. The van der Waals surface area contributed by atoms with Gasteiger partial charge in [-0.3, -0.25) is 63.1 Å². The molecule has 1 unspecified atom stereocenters. The van der Waals surface area contributed by atoms with Crippen LogP contribution in [0.15, 0.2) is 47.8 Å². The lowest BCUT2D eigenvalue weighted by Crippen LogP contribution is -2.59. The molecule has 4 rings (SSSR count). The highest BCUT2D eigenvalue weighted by Gasteiger charge is 2.40. The van der Waals surface area contributed by atoms with Crippen molar-refractivity contribution in [2.75, 3.05) is 51.5 Å². The SMILES string of the molecule is CCCC(=O)OCN(C(=O)[C@@H](NC(=O)[C@H]1CCCCN1C)C(C)CC)[C@H](C[C@@H](OC(C)=O)c1nc(C(=O)N[C@@H](C)C[C@@H](C(=O)NNC(=O)OCCSSCCNC(=O)[C@H](C)NC(=O)[C@H](CC(=O)O)NC(=O)Cc2ccc(CNC(=O)NCCCC[C@H](NC(=O)N[C@@H](CCC(=O)O)C(=O)O)C(=O)O)cc2)c2cc(O)ccc2C)cs1)C(C)C. The molecular weight excluding hydrogens is 1590 g/mol. The topological polar surface area (TPSA) is 554 Å². The Bertz CT molecular complexity index is 3870. The number of likely N-dealkylation sites (tertiary alicyclic amines) is 1. The number of piperidine rings is 1. The first-order chi connectivity index (χ1) is 55.4. The number of amides is 12. The fourth-order valence-corrected chi connectivity index (χ4v) is 14.8. The molecule has 12 amide bonds. The van der Waals surface area contributed by atoms with E-state index in [1.54, 1.807) is 44.2 Å². The van der Waals surface area contributed by atoms with E-state index in [1.165, 1.54) is 57.8 Å². The van der Waals surface area contributed by atoms with Crippen LogP contribution in [-0.2, 0) is 84.7 Å². The molecule has 11 atom stereocenters. The van der Waals surface area contributed by atoms with Gasteiger partial charge < -0.3 is 92.5 Å². The number of nitrogens with zero attached hydrogens (tertiary/aromatic N) is 3. The molecule has 0 radical (unpaired) electrons. The molecule has 16 N–H and O–H groups in total. The Morgan fingerprint density at radius 1 is 0.692 bits per heavy atom. The van der Waals surface area contributed by atoms with Crippen molar-refractivity contribution in [3.63, 3.8) is 0 Å². The summed E-state index contributed by atoms with van der Waals surface area (Å²) in [6.07, 6.45) is -0.303. The highest BCUT2D eigenvalue weighted by Crippen LogP contribution is 2.33. The van der Waals surface area contributed by atoms with Crippen molar-refractivity contribution in [3.05, 3.63) is 80.8 Å². The molecule has 41 heteroatoms. The molecule has 117 heavy (non-hydrogen) atoms. The third-order valence-electron chi connectivity index (χ3n) is 18.8. The van der Waals surface area contributed by atoms with Crippen molar-refractivity contribution >= 4 is 128 Å². The number of carboxylic acids is 4. The number of thiazole rings is 1. The smallest absolute Gasteiger partial charge is 0.426 e. The average Bonchev–Trinajstić information content (AvgIpc) is 1.76. The minimum atomic E-state index is -1.56.